The Morgan fingerprint density at radius 2 is 1.96 bits per heavy atom. The monoisotopic (exact) mass is 324 g/mol. The average Bonchev–Trinajstić information content (AvgIpc) is 3.02. The van der Waals surface area contributed by atoms with Crippen LogP contribution in [0.4, 0.5) is 5.69 Å². The van der Waals surface area contributed by atoms with Crippen LogP contribution in [-0.4, -0.2) is 22.6 Å². The number of esters is 1. The molecule has 0 radical (unpaired) electrons. The number of nitro benzene ring substituents is 1. The molecule has 1 heterocycles. The number of benzene rings is 2. The van der Waals surface area contributed by atoms with Crippen LogP contribution in [0, 0.1) is 10.1 Å². The lowest BCUT2D eigenvalue weighted by molar-refractivity contribution is -0.384. The Labute approximate surface area is 138 Å². The third-order valence-corrected chi connectivity index (χ3v) is 4.00. The Kier molecular flexibility index (Phi) is 4.29. The molecule has 0 saturated carbocycles. The quantitative estimate of drug-likeness (QED) is 0.409. The molecule has 0 aliphatic carbocycles. The van der Waals surface area contributed by atoms with E-state index in [0.717, 1.165) is 11.1 Å². The van der Waals surface area contributed by atoms with Crippen molar-refractivity contribution in [3.63, 3.8) is 0 Å². The maximum absolute atomic E-state index is 12.3. The SMILES string of the molecule is COC(=O)C(Cc1ccccc1)n1ccc2cc([N+](=O)[O-])ccc21. The van der Waals surface area contributed by atoms with E-state index >= 15 is 0 Å². The minimum absolute atomic E-state index is 0.0259. The van der Waals surface area contributed by atoms with E-state index in [2.05, 4.69) is 0 Å². The highest BCUT2D eigenvalue weighted by Crippen LogP contribution is 2.27. The molecule has 0 aliphatic heterocycles. The van der Waals surface area contributed by atoms with Gasteiger partial charge in [-0.3, -0.25) is 10.1 Å². The Bertz CT molecular complexity index is 886. The Morgan fingerprint density at radius 1 is 1.21 bits per heavy atom. The summed E-state index contributed by atoms with van der Waals surface area (Å²) in [5, 5.41) is 11.6. The smallest absolute Gasteiger partial charge is 0.329 e. The van der Waals surface area contributed by atoms with Gasteiger partial charge in [-0.2, -0.15) is 0 Å². The van der Waals surface area contributed by atoms with Gasteiger partial charge >= 0.3 is 5.97 Å². The predicted octanol–water partition coefficient (Wildman–Crippen LogP) is 3.51. The van der Waals surface area contributed by atoms with E-state index in [1.807, 2.05) is 30.3 Å². The van der Waals surface area contributed by atoms with E-state index < -0.39 is 11.0 Å². The topological polar surface area (TPSA) is 74.4 Å². The highest BCUT2D eigenvalue weighted by molar-refractivity contribution is 5.85. The summed E-state index contributed by atoms with van der Waals surface area (Å²) >= 11 is 0. The number of hydrogen-bond donors (Lipinski definition) is 0. The molecule has 0 bridgehead atoms. The molecule has 0 spiro atoms. The number of nitrogens with zero attached hydrogens (tertiary/aromatic N) is 2. The molecule has 1 atom stereocenters. The number of hydrogen-bond acceptors (Lipinski definition) is 4. The lowest BCUT2D eigenvalue weighted by Crippen LogP contribution is -2.22. The van der Waals surface area contributed by atoms with Gasteiger partial charge in [0.25, 0.3) is 5.69 Å². The van der Waals surface area contributed by atoms with Crippen molar-refractivity contribution < 1.29 is 14.5 Å². The van der Waals surface area contributed by atoms with E-state index in [4.69, 9.17) is 4.74 Å². The van der Waals surface area contributed by atoms with Gasteiger partial charge in [0.1, 0.15) is 6.04 Å². The third-order valence-electron chi connectivity index (χ3n) is 4.00. The van der Waals surface area contributed by atoms with Crippen molar-refractivity contribution >= 4 is 22.6 Å². The summed E-state index contributed by atoms with van der Waals surface area (Å²) in [6.07, 6.45) is 2.24. The van der Waals surface area contributed by atoms with Gasteiger partial charge < -0.3 is 9.30 Å². The molecule has 0 fully saturated rings. The summed E-state index contributed by atoms with van der Waals surface area (Å²) in [5.41, 5.74) is 1.79. The van der Waals surface area contributed by atoms with Gasteiger partial charge in [0.2, 0.25) is 0 Å². The van der Waals surface area contributed by atoms with Crippen molar-refractivity contribution in [2.75, 3.05) is 7.11 Å². The molecule has 1 aromatic heterocycles. The zero-order valence-corrected chi connectivity index (χ0v) is 13.1. The van der Waals surface area contributed by atoms with Gasteiger partial charge in [-0.1, -0.05) is 30.3 Å². The number of carbonyl (C=O) groups excluding carboxylic acids is 1. The van der Waals surface area contributed by atoms with Gasteiger partial charge in [0.15, 0.2) is 0 Å². The maximum atomic E-state index is 12.3. The number of non-ortho nitro benzene ring substituents is 1. The van der Waals surface area contributed by atoms with Crippen LogP contribution in [0.15, 0.2) is 60.8 Å². The van der Waals surface area contributed by atoms with Gasteiger partial charge in [-0.05, 0) is 17.7 Å². The van der Waals surface area contributed by atoms with E-state index in [1.54, 1.807) is 22.9 Å². The van der Waals surface area contributed by atoms with Crippen LogP contribution in [0.25, 0.3) is 10.9 Å². The number of nitro groups is 1. The van der Waals surface area contributed by atoms with Crippen LogP contribution in [0.5, 0.6) is 0 Å². The fourth-order valence-electron chi connectivity index (χ4n) is 2.81. The zero-order valence-electron chi connectivity index (χ0n) is 13.1. The lowest BCUT2D eigenvalue weighted by Gasteiger charge is -2.18. The summed E-state index contributed by atoms with van der Waals surface area (Å²) in [6, 6.07) is 15.5. The first-order valence-electron chi connectivity index (χ1n) is 7.47. The second-order valence-electron chi connectivity index (χ2n) is 5.45. The van der Waals surface area contributed by atoms with Crippen LogP contribution < -0.4 is 0 Å². The molecule has 1 unspecified atom stereocenters. The molecule has 0 N–H and O–H groups in total. The Morgan fingerprint density at radius 3 is 2.62 bits per heavy atom. The van der Waals surface area contributed by atoms with E-state index in [1.165, 1.54) is 19.2 Å². The lowest BCUT2D eigenvalue weighted by atomic mass is 10.1. The summed E-state index contributed by atoms with van der Waals surface area (Å²) in [7, 11) is 1.36. The summed E-state index contributed by atoms with van der Waals surface area (Å²) < 4.78 is 6.75. The van der Waals surface area contributed by atoms with Crippen molar-refractivity contribution in [2.24, 2.45) is 0 Å². The van der Waals surface area contributed by atoms with Crippen LogP contribution in [-0.2, 0) is 16.0 Å². The third kappa shape index (κ3) is 2.99. The molecule has 3 rings (SSSR count). The molecule has 6 heteroatoms. The Hall–Kier alpha value is -3.15. The van der Waals surface area contributed by atoms with E-state index in [9.17, 15) is 14.9 Å². The Balaban J connectivity index is 2.03. The van der Waals surface area contributed by atoms with Gasteiger partial charge in [-0.15, -0.1) is 0 Å². The summed E-state index contributed by atoms with van der Waals surface area (Å²) in [4.78, 5) is 22.8. The molecular formula is C18H16N2O4. The first kappa shape index (κ1) is 15.7. The van der Waals surface area contributed by atoms with Crippen LogP contribution in [0.2, 0.25) is 0 Å². The minimum Gasteiger partial charge on any atom is -0.467 e. The summed E-state index contributed by atoms with van der Waals surface area (Å²) in [6.45, 7) is 0. The molecule has 3 aromatic rings. The molecule has 24 heavy (non-hydrogen) atoms. The molecule has 6 nitrogen and oxygen atoms in total. The largest absolute Gasteiger partial charge is 0.467 e. The van der Waals surface area contributed by atoms with Gasteiger partial charge in [-0.25, -0.2) is 4.79 Å². The molecule has 0 aliphatic rings. The van der Waals surface area contributed by atoms with Crippen LogP contribution in [0.3, 0.4) is 0 Å². The number of ether oxygens (including phenoxy) is 1. The van der Waals surface area contributed by atoms with E-state index in [-0.39, 0.29) is 11.7 Å². The number of rotatable bonds is 5. The molecule has 0 amide bonds. The second kappa shape index (κ2) is 6.54. The number of methoxy groups -OCH3 is 1. The molecular weight excluding hydrogens is 308 g/mol. The maximum Gasteiger partial charge on any atom is 0.329 e. The van der Waals surface area contributed by atoms with Gasteiger partial charge in [0.05, 0.1) is 12.0 Å². The fraction of sp³-hybridized carbons (Fsp3) is 0.167. The van der Waals surface area contributed by atoms with Crippen molar-refractivity contribution in [2.45, 2.75) is 12.5 Å². The first-order valence-corrected chi connectivity index (χ1v) is 7.47. The molecule has 0 saturated heterocycles. The van der Waals surface area contributed by atoms with Crippen LogP contribution in [0.1, 0.15) is 11.6 Å². The minimum atomic E-state index is -0.531. The average molecular weight is 324 g/mol. The number of carbonyl (C=O) groups is 1. The highest BCUT2D eigenvalue weighted by Gasteiger charge is 2.23. The highest BCUT2D eigenvalue weighted by atomic mass is 16.6. The first-order chi connectivity index (χ1) is 11.6. The van der Waals surface area contributed by atoms with Crippen molar-refractivity contribution in [3.05, 3.63) is 76.5 Å². The second-order valence-corrected chi connectivity index (χ2v) is 5.45. The summed E-state index contributed by atoms with van der Waals surface area (Å²) in [5.74, 6) is -0.352. The normalized spacial score (nSPS) is 12.0. The molecule has 122 valence electrons. The van der Waals surface area contributed by atoms with Crippen LogP contribution >= 0.6 is 0 Å². The number of fused-ring (bicyclic) bond motifs is 1. The van der Waals surface area contributed by atoms with Crippen molar-refractivity contribution in [1.82, 2.24) is 4.57 Å². The van der Waals surface area contributed by atoms with Crippen molar-refractivity contribution in [3.8, 4) is 0 Å². The van der Waals surface area contributed by atoms with Crippen molar-refractivity contribution in [1.29, 1.82) is 0 Å². The van der Waals surface area contributed by atoms with E-state index in [0.29, 0.717) is 11.8 Å². The number of aromatic nitrogens is 1. The zero-order chi connectivity index (χ0) is 17.1. The molecule has 2 aromatic carbocycles. The van der Waals surface area contributed by atoms with Gasteiger partial charge in [0, 0.05) is 35.7 Å². The fourth-order valence-corrected chi connectivity index (χ4v) is 2.81. The standard InChI is InChI=1S/C18H16N2O4/c1-24-18(21)17(11-13-5-3-2-4-6-13)19-10-9-14-12-15(20(22)23)7-8-16(14)19/h2-10,12,17H,11H2,1H3. The predicted molar refractivity (Wildman–Crippen MR) is 89.8 cm³/mol.